The van der Waals surface area contributed by atoms with Crippen molar-refractivity contribution in [1.29, 1.82) is 0 Å². The van der Waals surface area contributed by atoms with Crippen molar-refractivity contribution in [3.05, 3.63) is 93.8 Å². The highest BCUT2D eigenvalue weighted by Gasteiger charge is 2.30. The Morgan fingerprint density at radius 1 is 0.966 bits per heavy atom. The number of allylic oxidation sites excluding steroid dienone is 2. The molecule has 0 fully saturated rings. The van der Waals surface area contributed by atoms with Gasteiger partial charge in [0.15, 0.2) is 5.70 Å². The standard InChI is InChI=1S/C23H15NO4S/c1-26-15-10-8-14(9-11-15)22-24-21(23(25)28-22)17-13-19(20-7-4-12-29-20)27-18-6-3-2-5-16(17)18/h2-13H,1H3/b21-17-. The number of carbonyl (C=O) groups excluding carboxylic acids is 1. The number of rotatable bonds is 3. The minimum atomic E-state index is -0.482. The molecule has 0 bridgehead atoms. The van der Waals surface area contributed by atoms with E-state index in [-0.39, 0.29) is 11.6 Å². The molecule has 0 atom stereocenters. The van der Waals surface area contributed by atoms with Crippen molar-refractivity contribution in [3.63, 3.8) is 0 Å². The molecule has 0 spiro atoms. The predicted molar refractivity (Wildman–Crippen MR) is 112 cm³/mol. The molecule has 6 heteroatoms. The largest absolute Gasteiger partial charge is 0.497 e. The number of benzene rings is 2. The fraction of sp³-hybridized carbons (Fsp3) is 0.0435. The lowest BCUT2D eigenvalue weighted by Gasteiger charge is -2.19. The molecule has 5 nitrogen and oxygen atoms in total. The number of cyclic esters (lactones) is 1. The van der Waals surface area contributed by atoms with Crippen LogP contribution in [0, 0.1) is 0 Å². The van der Waals surface area contributed by atoms with Crippen molar-refractivity contribution < 1.29 is 19.0 Å². The number of ether oxygens (including phenoxy) is 3. The van der Waals surface area contributed by atoms with Crippen LogP contribution in [0.15, 0.2) is 82.8 Å². The summed E-state index contributed by atoms with van der Waals surface area (Å²) in [5.41, 5.74) is 2.46. The number of hydrogen-bond acceptors (Lipinski definition) is 6. The molecule has 0 aliphatic carbocycles. The fourth-order valence-electron chi connectivity index (χ4n) is 3.20. The first-order valence-electron chi connectivity index (χ1n) is 8.95. The summed E-state index contributed by atoms with van der Waals surface area (Å²) in [5, 5.41) is 1.98. The van der Waals surface area contributed by atoms with E-state index in [4.69, 9.17) is 14.2 Å². The third kappa shape index (κ3) is 3.13. The number of esters is 1. The van der Waals surface area contributed by atoms with E-state index in [0.29, 0.717) is 22.6 Å². The first-order chi connectivity index (χ1) is 14.2. The smallest absolute Gasteiger partial charge is 0.364 e. The molecule has 5 rings (SSSR count). The van der Waals surface area contributed by atoms with Crippen molar-refractivity contribution in [2.24, 2.45) is 4.99 Å². The van der Waals surface area contributed by atoms with E-state index in [1.165, 1.54) is 0 Å². The van der Waals surface area contributed by atoms with Crippen LogP contribution in [0.25, 0.3) is 11.3 Å². The summed E-state index contributed by atoms with van der Waals surface area (Å²) in [4.78, 5) is 18.2. The minimum Gasteiger partial charge on any atom is -0.497 e. The Bertz CT molecular complexity index is 1190. The van der Waals surface area contributed by atoms with Gasteiger partial charge in [-0.05, 0) is 47.9 Å². The van der Waals surface area contributed by atoms with Crippen molar-refractivity contribution in [3.8, 4) is 11.5 Å². The van der Waals surface area contributed by atoms with Gasteiger partial charge in [0.25, 0.3) is 0 Å². The van der Waals surface area contributed by atoms with Crippen LogP contribution in [-0.4, -0.2) is 19.0 Å². The molecule has 2 aromatic carbocycles. The number of carbonyl (C=O) groups is 1. The summed E-state index contributed by atoms with van der Waals surface area (Å²) in [6, 6.07) is 18.8. The molecule has 3 heterocycles. The third-order valence-corrected chi connectivity index (χ3v) is 5.51. The molecule has 0 saturated heterocycles. The first kappa shape index (κ1) is 17.5. The second-order valence-corrected chi connectivity index (χ2v) is 7.33. The SMILES string of the molecule is COc1ccc(C2=N/C(=C3/C=C(c4cccs4)Oc4ccccc43)C(=O)O2)cc1. The Labute approximate surface area is 171 Å². The molecule has 29 heavy (non-hydrogen) atoms. The lowest BCUT2D eigenvalue weighted by Crippen LogP contribution is -2.08. The zero-order valence-electron chi connectivity index (χ0n) is 15.4. The molecule has 0 unspecified atom stereocenters. The van der Waals surface area contributed by atoms with Crippen LogP contribution in [-0.2, 0) is 9.53 Å². The van der Waals surface area contributed by atoms with E-state index < -0.39 is 5.97 Å². The predicted octanol–water partition coefficient (Wildman–Crippen LogP) is 4.90. The normalized spacial score (nSPS) is 17.8. The topological polar surface area (TPSA) is 57.1 Å². The van der Waals surface area contributed by atoms with Gasteiger partial charge in [-0.15, -0.1) is 11.3 Å². The van der Waals surface area contributed by atoms with E-state index in [1.807, 2.05) is 60.0 Å². The number of hydrogen-bond donors (Lipinski definition) is 0. The maximum atomic E-state index is 12.7. The van der Waals surface area contributed by atoms with Gasteiger partial charge in [-0.1, -0.05) is 24.3 Å². The highest BCUT2D eigenvalue weighted by Crippen LogP contribution is 2.40. The molecule has 0 N–H and O–H groups in total. The minimum absolute atomic E-state index is 0.264. The van der Waals surface area contributed by atoms with Crippen LogP contribution in [0.1, 0.15) is 16.0 Å². The first-order valence-corrected chi connectivity index (χ1v) is 9.83. The van der Waals surface area contributed by atoms with Gasteiger partial charge in [-0.2, -0.15) is 0 Å². The second kappa shape index (κ2) is 7.07. The fourth-order valence-corrected chi connectivity index (χ4v) is 3.88. The van der Waals surface area contributed by atoms with Crippen molar-refractivity contribution >= 4 is 34.5 Å². The highest BCUT2D eigenvalue weighted by atomic mass is 32.1. The molecular formula is C23H15NO4S. The Morgan fingerprint density at radius 3 is 2.55 bits per heavy atom. The van der Waals surface area contributed by atoms with Gasteiger partial charge in [0, 0.05) is 16.7 Å². The number of fused-ring (bicyclic) bond motifs is 1. The van der Waals surface area contributed by atoms with Gasteiger partial charge in [-0.3, -0.25) is 0 Å². The number of thiophene rings is 1. The molecule has 3 aromatic rings. The van der Waals surface area contributed by atoms with Crippen molar-refractivity contribution in [1.82, 2.24) is 0 Å². The summed E-state index contributed by atoms with van der Waals surface area (Å²) in [6.45, 7) is 0. The number of aliphatic imine (C=N–C) groups is 1. The van der Waals surface area contributed by atoms with Crippen molar-refractivity contribution in [2.45, 2.75) is 0 Å². The highest BCUT2D eigenvalue weighted by molar-refractivity contribution is 7.11. The Morgan fingerprint density at radius 2 is 1.79 bits per heavy atom. The number of para-hydroxylation sites is 1. The Balaban J connectivity index is 1.64. The van der Waals surface area contributed by atoms with E-state index in [1.54, 1.807) is 30.6 Å². The average Bonchev–Trinajstić information content (AvgIpc) is 3.43. The summed E-state index contributed by atoms with van der Waals surface area (Å²) >= 11 is 1.57. The lowest BCUT2D eigenvalue weighted by molar-refractivity contribution is -0.129. The van der Waals surface area contributed by atoms with Crippen LogP contribution in [0.5, 0.6) is 11.5 Å². The molecule has 2 aliphatic rings. The lowest BCUT2D eigenvalue weighted by atomic mass is 9.99. The molecule has 0 saturated carbocycles. The number of methoxy groups -OCH3 is 1. The third-order valence-electron chi connectivity index (χ3n) is 4.62. The van der Waals surface area contributed by atoms with Crippen molar-refractivity contribution in [2.75, 3.05) is 7.11 Å². The van der Waals surface area contributed by atoms with E-state index in [2.05, 4.69) is 4.99 Å². The van der Waals surface area contributed by atoms with Gasteiger partial charge in [0.05, 0.1) is 12.0 Å². The van der Waals surface area contributed by atoms with Gasteiger partial charge in [0.2, 0.25) is 5.90 Å². The van der Waals surface area contributed by atoms with E-state index in [0.717, 1.165) is 16.2 Å². The quantitative estimate of drug-likeness (QED) is 0.462. The van der Waals surface area contributed by atoms with Crippen LogP contribution in [0.3, 0.4) is 0 Å². The van der Waals surface area contributed by atoms with Crippen LogP contribution in [0.4, 0.5) is 0 Å². The summed E-state index contributed by atoms with van der Waals surface area (Å²) in [5.74, 6) is 1.88. The average molecular weight is 401 g/mol. The summed E-state index contributed by atoms with van der Waals surface area (Å²) < 4.78 is 16.7. The maximum Gasteiger partial charge on any atom is 0.364 e. The zero-order chi connectivity index (χ0) is 19.8. The molecule has 2 aliphatic heterocycles. The monoisotopic (exact) mass is 401 g/mol. The van der Waals surface area contributed by atoms with Crippen LogP contribution >= 0.6 is 11.3 Å². The number of nitrogens with zero attached hydrogens (tertiary/aromatic N) is 1. The molecular weight excluding hydrogens is 386 g/mol. The Hall–Kier alpha value is -3.64. The molecule has 0 radical (unpaired) electrons. The van der Waals surface area contributed by atoms with Gasteiger partial charge in [-0.25, -0.2) is 9.79 Å². The Kier molecular flexibility index (Phi) is 4.26. The summed E-state index contributed by atoms with van der Waals surface area (Å²) in [6.07, 6.45) is 1.85. The molecule has 142 valence electrons. The van der Waals surface area contributed by atoms with Crippen LogP contribution < -0.4 is 9.47 Å². The second-order valence-electron chi connectivity index (χ2n) is 6.38. The maximum absolute atomic E-state index is 12.7. The van der Waals surface area contributed by atoms with Gasteiger partial charge in [0.1, 0.15) is 17.3 Å². The van der Waals surface area contributed by atoms with Crippen LogP contribution in [0.2, 0.25) is 0 Å². The zero-order valence-corrected chi connectivity index (χ0v) is 16.2. The summed E-state index contributed by atoms with van der Waals surface area (Å²) in [7, 11) is 1.60. The van der Waals surface area contributed by atoms with E-state index >= 15 is 0 Å². The van der Waals surface area contributed by atoms with Gasteiger partial charge >= 0.3 is 5.97 Å². The molecule has 0 amide bonds. The molecule has 1 aromatic heterocycles. The van der Waals surface area contributed by atoms with Gasteiger partial charge < -0.3 is 14.2 Å². The van der Waals surface area contributed by atoms with E-state index in [9.17, 15) is 4.79 Å².